The van der Waals surface area contributed by atoms with Crippen molar-refractivity contribution in [2.24, 2.45) is 0 Å². The number of carbonyl (C=O) groups is 1. The molecule has 2 atom stereocenters. The molecule has 2 N–H and O–H groups in total. The van der Waals surface area contributed by atoms with Crippen LogP contribution in [0.15, 0.2) is 24.3 Å². The lowest BCUT2D eigenvalue weighted by atomic mass is 10.1. The minimum Gasteiger partial charge on any atom is -0.497 e. The van der Waals surface area contributed by atoms with Gasteiger partial charge in [0.1, 0.15) is 11.8 Å². The number of aliphatic carboxylic acids is 1. The van der Waals surface area contributed by atoms with Crippen LogP contribution in [-0.2, 0) is 4.79 Å². The number of hydrogen-bond donors (Lipinski definition) is 2. The van der Waals surface area contributed by atoms with Crippen LogP contribution in [0.4, 0.5) is 0 Å². The first-order valence-electron chi connectivity index (χ1n) is 5.70. The molecule has 0 saturated heterocycles. The zero-order valence-electron chi connectivity index (χ0n) is 10.8. The van der Waals surface area contributed by atoms with Crippen molar-refractivity contribution in [2.45, 2.75) is 19.1 Å². The molecule has 0 fully saturated rings. The van der Waals surface area contributed by atoms with E-state index in [1.165, 1.54) is 0 Å². The van der Waals surface area contributed by atoms with Crippen LogP contribution in [0.2, 0.25) is 0 Å². The van der Waals surface area contributed by atoms with E-state index in [1.807, 2.05) is 0 Å². The van der Waals surface area contributed by atoms with Crippen LogP contribution in [0, 0.1) is 0 Å². The number of aliphatic hydroxyl groups excluding tert-OH is 1. The third-order valence-electron chi connectivity index (χ3n) is 2.96. The fourth-order valence-electron chi connectivity index (χ4n) is 1.57. The van der Waals surface area contributed by atoms with Gasteiger partial charge in [-0.15, -0.1) is 0 Å². The van der Waals surface area contributed by atoms with E-state index in [0.29, 0.717) is 11.3 Å². The lowest BCUT2D eigenvalue weighted by molar-refractivity contribution is -0.142. The van der Waals surface area contributed by atoms with Gasteiger partial charge in [0.15, 0.2) is 0 Å². The molecule has 1 aromatic carbocycles. The summed E-state index contributed by atoms with van der Waals surface area (Å²) in [6, 6.07) is 6.47. The van der Waals surface area contributed by atoms with E-state index < -0.39 is 18.1 Å². The third-order valence-corrected chi connectivity index (χ3v) is 2.96. The van der Waals surface area contributed by atoms with Gasteiger partial charge in [-0.05, 0) is 31.7 Å². The topological polar surface area (TPSA) is 70.0 Å². The second-order valence-corrected chi connectivity index (χ2v) is 4.25. The Morgan fingerprint density at radius 2 is 2.17 bits per heavy atom. The molecule has 100 valence electrons. The van der Waals surface area contributed by atoms with Crippen molar-refractivity contribution >= 4 is 5.97 Å². The van der Waals surface area contributed by atoms with E-state index in [-0.39, 0.29) is 6.54 Å². The Morgan fingerprint density at radius 1 is 1.50 bits per heavy atom. The van der Waals surface area contributed by atoms with E-state index in [4.69, 9.17) is 9.84 Å². The number of aliphatic hydroxyl groups is 1. The average Bonchev–Trinajstić information content (AvgIpc) is 2.37. The van der Waals surface area contributed by atoms with Gasteiger partial charge in [-0.3, -0.25) is 9.69 Å². The maximum atomic E-state index is 10.8. The van der Waals surface area contributed by atoms with Gasteiger partial charge < -0.3 is 14.9 Å². The maximum Gasteiger partial charge on any atom is 0.320 e. The van der Waals surface area contributed by atoms with Crippen LogP contribution in [-0.4, -0.2) is 47.8 Å². The Labute approximate surface area is 107 Å². The number of benzene rings is 1. The highest BCUT2D eigenvalue weighted by atomic mass is 16.5. The fourth-order valence-corrected chi connectivity index (χ4v) is 1.57. The highest BCUT2D eigenvalue weighted by Crippen LogP contribution is 2.20. The second kappa shape index (κ2) is 6.37. The molecule has 0 saturated carbocycles. The van der Waals surface area contributed by atoms with E-state index in [0.717, 1.165) is 0 Å². The van der Waals surface area contributed by atoms with Crippen LogP contribution in [0.1, 0.15) is 18.6 Å². The number of hydrogen-bond acceptors (Lipinski definition) is 4. The summed E-state index contributed by atoms with van der Waals surface area (Å²) in [6.07, 6.45) is -0.744. The smallest absolute Gasteiger partial charge is 0.320 e. The van der Waals surface area contributed by atoms with Gasteiger partial charge in [-0.2, -0.15) is 0 Å². The summed E-state index contributed by atoms with van der Waals surface area (Å²) in [5, 5.41) is 18.9. The summed E-state index contributed by atoms with van der Waals surface area (Å²) in [5.41, 5.74) is 0.707. The maximum absolute atomic E-state index is 10.8. The highest BCUT2D eigenvalue weighted by molar-refractivity contribution is 5.72. The Kier molecular flexibility index (Phi) is 5.12. The Balaban J connectivity index is 2.69. The molecule has 0 radical (unpaired) electrons. The Morgan fingerprint density at radius 3 is 2.72 bits per heavy atom. The number of likely N-dealkylation sites (N-methyl/N-ethyl adjacent to an activating group) is 1. The SMILES string of the molecule is COc1cccc(C(O)CN(C)C(C)C(=O)O)c1. The van der Waals surface area contributed by atoms with Gasteiger partial charge in [-0.1, -0.05) is 12.1 Å². The quantitative estimate of drug-likeness (QED) is 0.795. The lowest BCUT2D eigenvalue weighted by Crippen LogP contribution is -2.38. The summed E-state index contributed by atoms with van der Waals surface area (Å²) in [4.78, 5) is 12.4. The first kappa shape index (κ1) is 14.5. The molecule has 0 heterocycles. The van der Waals surface area contributed by atoms with Crippen molar-refractivity contribution in [1.29, 1.82) is 0 Å². The van der Waals surface area contributed by atoms with Gasteiger partial charge in [0.05, 0.1) is 13.2 Å². The molecular formula is C13H19NO4. The van der Waals surface area contributed by atoms with Crippen molar-refractivity contribution in [1.82, 2.24) is 4.90 Å². The van der Waals surface area contributed by atoms with Crippen molar-refractivity contribution in [3.8, 4) is 5.75 Å². The number of carboxylic acids is 1. The predicted molar refractivity (Wildman–Crippen MR) is 67.7 cm³/mol. The predicted octanol–water partition coefficient (Wildman–Crippen LogP) is 1.13. The molecule has 0 spiro atoms. The molecule has 0 amide bonds. The van der Waals surface area contributed by atoms with Crippen molar-refractivity contribution in [3.63, 3.8) is 0 Å². The van der Waals surface area contributed by atoms with Crippen LogP contribution in [0.5, 0.6) is 5.75 Å². The largest absolute Gasteiger partial charge is 0.497 e. The Hall–Kier alpha value is -1.59. The molecule has 1 aromatic rings. The molecule has 1 rings (SSSR count). The summed E-state index contributed by atoms with van der Waals surface area (Å²) >= 11 is 0. The van der Waals surface area contributed by atoms with Crippen LogP contribution < -0.4 is 4.74 Å². The van der Waals surface area contributed by atoms with E-state index in [2.05, 4.69) is 0 Å². The van der Waals surface area contributed by atoms with Crippen molar-refractivity contribution in [2.75, 3.05) is 20.7 Å². The van der Waals surface area contributed by atoms with E-state index in [1.54, 1.807) is 50.2 Å². The van der Waals surface area contributed by atoms with E-state index in [9.17, 15) is 9.90 Å². The van der Waals surface area contributed by atoms with Gasteiger partial charge >= 0.3 is 5.97 Å². The number of nitrogens with zero attached hydrogens (tertiary/aromatic N) is 1. The molecule has 0 aliphatic carbocycles. The zero-order chi connectivity index (χ0) is 13.7. The standard InChI is InChI=1S/C13H19NO4/c1-9(13(16)17)14(2)8-12(15)10-5-4-6-11(7-10)18-3/h4-7,9,12,15H,8H2,1-3H3,(H,16,17). The minimum absolute atomic E-state index is 0.251. The highest BCUT2D eigenvalue weighted by Gasteiger charge is 2.20. The Bertz CT molecular complexity index is 408. The first-order valence-corrected chi connectivity index (χ1v) is 5.70. The van der Waals surface area contributed by atoms with Gasteiger partial charge in [0.2, 0.25) is 0 Å². The van der Waals surface area contributed by atoms with Crippen molar-refractivity contribution < 1.29 is 19.7 Å². The van der Waals surface area contributed by atoms with Crippen LogP contribution in [0.25, 0.3) is 0 Å². The normalized spacial score (nSPS) is 14.3. The molecule has 5 heteroatoms. The number of rotatable bonds is 6. The van der Waals surface area contributed by atoms with E-state index >= 15 is 0 Å². The molecule has 0 bridgehead atoms. The van der Waals surface area contributed by atoms with Crippen LogP contribution in [0.3, 0.4) is 0 Å². The average molecular weight is 253 g/mol. The van der Waals surface area contributed by atoms with Crippen LogP contribution >= 0.6 is 0 Å². The summed E-state index contributed by atoms with van der Waals surface area (Å²) in [6.45, 7) is 1.83. The second-order valence-electron chi connectivity index (χ2n) is 4.25. The molecular weight excluding hydrogens is 234 g/mol. The molecule has 0 aromatic heterocycles. The first-order chi connectivity index (χ1) is 8.45. The molecule has 2 unspecified atom stereocenters. The third kappa shape index (κ3) is 3.72. The van der Waals surface area contributed by atoms with Gasteiger partial charge in [0.25, 0.3) is 0 Å². The monoisotopic (exact) mass is 253 g/mol. The van der Waals surface area contributed by atoms with Crippen molar-refractivity contribution in [3.05, 3.63) is 29.8 Å². The number of ether oxygens (including phenoxy) is 1. The summed E-state index contributed by atoms with van der Waals surface area (Å²) in [5.74, 6) is -0.240. The number of methoxy groups -OCH3 is 1. The summed E-state index contributed by atoms with van der Waals surface area (Å²) < 4.78 is 5.08. The molecule has 0 aliphatic rings. The van der Waals surface area contributed by atoms with Gasteiger partial charge in [0, 0.05) is 6.54 Å². The van der Waals surface area contributed by atoms with Gasteiger partial charge in [-0.25, -0.2) is 0 Å². The minimum atomic E-state index is -0.907. The molecule has 5 nitrogen and oxygen atoms in total. The zero-order valence-corrected chi connectivity index (χ0v) is 10.8. The summed E-state index contributed by atoms with van der Waals surface area (Å²) in [7, 11) is 3.23. The molecule has 0 aliphatic heterocycles. The number of carboxylic acid groups (broad SMARTS) is 1. The molecule has 18 heavy (non-hydrogen) atoms. The lowest BCUT2D eigenvalue weighted by Gasteiger charge is -2.24. The fraction of sp³-hybridized carbons (Fsp3) is 0.462.